The fraction of sp³-hybridized carbons (Fsp3) is 0.571. The van der Waals surface area contributed by atoms with Gasteiger partial charge in [0.05, 0.1) is 19.9 Å². The van der Waals surface area contributed by atoms with Gasteiger partial charge in [0.2, 0.25) is 11.7 Å². The van der Waals surface area contributed by atoms with Crippen molar-refractivity contribution in [1.29, 1.82) is 0 Å². The van der Waals surface area contributed by atoms with E-state index < -0.39 is 5.97 Å². The van der Waals surface area contributed by atoms with Crippen LogP contribution in [0.4, 0.5) is 0 Å². The van der Waals surface area contributed by atoms with Crippen LogP contribution in [-0.2, 0) is 16.1 Å². The third-order valence-corrected chi connectivity index (χ3v) is 3.43. The monoisotopic (exact) mass is 295 g/mol. The van der Waals surface area contributed by atoms with E-state index in [1.54, 1.807) is 6.07 Å². The van der Waals surface area contributed by atoms with Crippen LogP contribution in [0.15, 0.2) is 16.7 Å². The van der Waals surface area contributed by atoms with Gasteiger partial charge in [-0.05, 0) is 13.1 Å². The largest absolute Gasteiger partial charge is 0.463 e. The molecule has 1 aliphatic heterocycles. The van der Waals surface area contributed by atoms with Gasteiger partial charge in [0.15, 0.2) is 0 Å². The lowest BCUT2D eigenvalue weighted by atomic mass is 10.2. The van der Waals surface area contributed by atoms with Crippen molar-refractivity contribution in [2.24, 2.45) is 0 Å². The number of piperazine rings is 1. The molecule has 1 N–H and O–H groups in total. The number of carbonyl (C=O) groups is 2. The fourth-order valence-corrected chi connectivity index (χ4v) is 2.32. The molecule has 0 radical (unpaired) electrons. The lowest BCUT2D eigenvalue weighted by Crippen LogP contribution is -2.49. The molecule has 0 aliphatic carbocycles. The Kier molecular flexibility index (Phi) is 5.35. The highest BCUT2D eigenvalue weighted by Gasteiger charge is 2.20. The summed E-state index contributed by atoms with van der Waals surface area (Å²) in [7, 11) is 3.15. The van der Waals surface area contributed by atoms with Gasteiger partial charge in [-0.15, -0.1) is 0 Å². The molecule has 0 bridgehead atoms. The second-order valence-electron chi connectivity index (χ2n) is 5.07. The van der Waals surface area contributed by atoms with Gasteiger partial charge < -0.3 is 19.4 Å². The summed E-state index contributed by atoms with van der Waals surface area (Å²) < 4.78 is 9.79. The van der Waals surface area contributed by atoms with Crippen LogP contribution in [0.1, 0.15) is 16.1 Å². The molecule has 1 saturated heterocycles. The summed E-state index contributed by atoms with van der Waals surface area (Å²) in [4.78, 5) is 27.4. The molecule has 0 aromatic carbocycles. The maximum atomic E-state index is 12.2. The molecule has 0 unspecified atom stereocenters. The number of esters is 1. The highest BCUT2D eigenvalue weighted by Crippen LogP contribution is 2.14. The number of rotatable bonds is 5. The second kappa shape index (κ2) is 7.24. The third kappa shape index (κ3) is 4.05. The number of amides is 1. The quantitative estimate of drug-likeness (QED) is 0.767. The Hall–Kier alpha value is -1.86. The SMILES string of the molecule is COC(=O)c1occc1CN(C)CC(=O)N1CCNCC1. The number of hydrogen-bond donors (Lipinski definition) is 1. The Labute approximate surface area is 123 Å². The highest BCUT2D eigenvalue weighted by molar-refractivity contribution is 5.87. The van der Waals surface area contributed by atoms with E-state index in [0.29, 0.717) is 13.1 Å². The van der Waals surface area contributed by atoms with E-state index in [0.717, 1.165) is 31.7 Å². The molecule has 1 aromatic heterocycles. The molecule has 1 aliphatic rings. The molecule has 116 valence electrons. The second-order valence-corrected chi connectivity index (χ2v) is 5.07. The molecular weight excluding hydrogens is 274 g/mol. The Bertz CT molecular complexity index is 494. The molecule has 21 heavy (non-hydrogen) atoms. The number of methoxy groups -OCH3 is 1. The predicted molar refractivity (Wildman–Crippen MR) is 75.8 cm³/mol. The van der Waals surface area contributed by atoms with E-state index in [4.69, 9.17) is 4.42 Å². The van der Waals surface area contributed by atoms with E-state index in [1.165, 1.54) is 13.4 Å². The van der Waals surface area contributed by atoms with Gasteiger partial charge in [-0.25, -0.2) is 4.79 Å². The summed E-state index contributed by atoms with van der Waals surface area (Å²) in [6.45, 7) is 3.93. The molecule has 7 heteroatoms. The van der Waals surface area contributed by atoms with Crippen molar-refractivity contribution >= 4 is 11.9 Å². The number of likely N-dealkylation sites (N-methyl/N-ethyl adjacent to an activating group) is 1. The molecule has 1 fully saturated rings. The average molecular weight is 295 g/mol. The van der Waals surface area contributed by atoms with Crippen molar-refractivity contribution in [3.8, 4) is 0 Å². The summed E-state index contributed by atoms with van der Waals surface area (Å²) in [6.07, 6.45) is 1.45. The summed E-state index contributed by atoms with van der Waals surface area (Å²) in [6, 6.07) is 1.72. The molecule has 1 aromatic rings. The molecular formula is C14H21N3O4. The third-order valence-electron chi connectivity index (χ3n) is 3.43. The smallest absolute Gasteiger partial charge is 0.374 e. The minimum absolute atomic E-state index is 0.0992. The van der Waals surface area contributed by atoms with Gasteiger partial charge in [-0.3, -0.25) is 9.69 Å². The minimum atomic E-state index is -0.503. The first-order valence-corrected chi connectivity index (χ1v) is 6.93. The number of furan rings is 1. The van der Waals surface area contributed by atoms with Gasteiger partial charge in [0, 0.05) is 38.3 Å². The fourth-order valence-electron chi connectivity index (χ4n) is 2.32. The molecule has 2 heterocycles. The van der Waals surface area contributed by atoms with Gasteiger partial charge in [0.25, 0.3) is 0 Å². The maximum absolute atomic E-state index is 12.2. The summed E-state index contributed by atoms with van der Waals surface area (Å²) >= 11 is 0. The van der Waals surface area contributed by atoms with Crippen LogP contribution in [0, 0.1) is 0 Å². The van der Waals surface area contributed by atoms with Crippen LogP contribution < -0.4 is 5.32 Å². The van der Waals surface area contributed by atoms with E-state index >= 15 is 0 Å². The number of carbonyl (C=O) groups excluding carboxylic acids is 2. The first-order chi connectivity index (χ1) is 10.1. The number of hydrogen-bond acceptors (Lipinski definition) is 6. The van der Waals surface area contributed by atoms with Crippen LogP contribution >= 0.6 is 0 Å². The maximum Gasteiger partial charge on any atom is 0.374 e. The van der Waals surface area contributed by atoms with E-state index in [9.17, 15) is 9.59 Å². The molecule has 0 atom stereocenters. The van der Waals surface area contributed by atoms with Gasteiger partial charge >= 0.3 is 5.97 Å². The molecule has 0 spiro atoms. The van der Waals surface area contributed by atoms with E-state index in [-0.39, 0.29) is 11.7 Å². The molecule has 1 amide bonds. The van der Waals surface area contributed by atoms with Crippen molar-refractivity contribution in [3.63, 3.8) is 0 Å². The summed E-state index contributed by atoms with van der Waals surface area (Å²) in [5.41, 5.74) is 0.720. The zero-order chi connectivity index (χ0) is 15.2. The van der Waals surface area contributed by atoms with Crippen LogP contribution in [0.3, 0.4) is 0 Å². The molecule has 0 saturated carbocycles. The van der Waals surface area contributed by atoms with Crippen LogP contribution in [-0.4, -0.2) is 68.6 Å². The predicted octanol–water partition coefficient (Wildman–Crippen LogP) is -0.0702. The van der Waals surface area contributed by atoms with E-state index in [1.807, 2.05) is 16.8 Å². The first-order valence-electron chi connectivity index (χ1n) is 6.93. The first kappa shape index (κ1) is 15.5. The Balaban J connectivity index is 1.89. The van der Waals surface area contributed by atoms with Crippen LogP contribution in [0.2, 0.25) is 0 Å². The summed E-state index contributed by atoms with van der Waals surface area (Å²) in [5.74, 6) is -0.210. The van der Waals surface area contributed by atoms with Crippen molar-refractivity contribution in [3.05, 3.63) is 23.7 Å². The lowest BCUT2D eigenvalue weighted by molar-refractivity contribution is -0.132. The van der Waals surface area contributed by atoms with Crippen molar-refractivity contribution in [2.75, 3.05) is 46.9 Å². The van der Waals surface area contributed by atoms with Gasteiger partial charge in [-0.2, -0.15) is 0 Å². The van der Waals surface area contributed by atoms with Crippen molar-refractivity contribution in [2.45, 2.75) is 6.54 Å². The van der Waals surface area contributed by atoms with Crippen molar-refractivity contribution < 1.29 is 18.7 Å². The standard InChI is InChI=1S/C14H21N3O4/c1-16(10-12(18)17-6-4-15-5-7-17)9-11-3-8-21-13(11)14(19)20-2/h3,8,15H,4-7,9-10H2,1-2H3. The number of nitrogens with one attached hydrogen (secondary N) is 1. The average Bonchev–Trinajstić information content (AvgIpc) is 2.95. The zero-order valence-electron chi connectivity index (χ0n) is 12.4. The van der Waals surface area contributed by atoms with Crippen molar-refractivity contribution in [1.82, 2.24) is 15.1 Å². The highest BCUT2D eigenvalue weighted by atomic mass is 16.5. The molecule has 2 rings (SSSR count). The van der Waals surface area contributed by atoms with Crippen LogP contribution in [0.5, 0.6) is 0 Å². The minimum Gasteiger partial charge on any atom is -0.463 e. The normalized spacial score (nSPS) is 15.3. The number of ether oxygens (including phenoxy) is 1. The molecule has 7 nitrogen and oxygen atoms in total. The van der Waals surface area contributed by atoms with Gasteiger partial charge in [0.1, 0.15) is 0 Å². The lowest BCUT2D eigenvalue weighted by Gasteiger charge is -2.29. The Morgan fingerprint density at radius 1 is 1.43 bits per heavy atom. The Morgan fingerprint density at radius 3 is 2.81 bits per heavy atom. The summed E-state index contributed by atoms with van der Waals surface area (Å²) in [5, 5.41) is 3.21. The Morgan fingerprint density at radius 2 is 2.14 bits per heavy atom. The van der Waals surface area contributed by atoms with Crippen LogP contribution in [0.25, 0.3) is 0 Å². The zero-order valence-corrected chi connectivity index (χ0v) is 12.4. The van der Waals surface area contributed by atoms with Gasteiger partial charge in [-0.1, -0.05) is 0 Å². The topological polar surface area (TPSA) is 75.0 Å². The number of nitrogens with zero attached hydrogens (tertiary/aromatic N) is 2. The van der Waals surface area contributed by atoms with E-state index in [2.05, 4.69) is 10.1 Å².